The van der Waals surface area contributed by atoms with Gasteiger partial charge in [-0.3, -0.25) is 0 Å². The van der Waals surface area contributed by atoms with E-state index in [1.54, 1.807) is 24.3 Å². The van der Waals surface area contributed by atoms with E-state index in [2.05, 4.69) is 0 Å². The zero-order chi connectivity index (χ0) is 10.5. The summed E-state index contributed by atoms with van der Waals surface area (Å²) in [4.78, 5) is 5.16. The lowest BCUT2D eigenvalue weighted by Crippen LogP contribution is -3.04. The molecule has 0 saturated heterocycles. The van der Waals surface area contributed by atoms with Gasteiger partial charge in [0.2, 0.25) is 0 Å². The first-order valence-corrected chi connectivity index (χ1v) is 4.68. The number of rotatable bonds is 3. The molecule has 2 rings (SSSR count). The Morgan fingerprint density at radius 2 is 1.33 bits per heavy atom. The molecule has 0 aliphatic heterocycles. The maximum absolute atomic E-state index is 11.6. The zero-order valence-electron chi connectivity index (χ0n) is 8.09. The Morgan fingerprint density at radius 3 is 1.93 bits per heavy atom. The van der Waals surface area contributed by atoms with Crippen LogP contribution in [0.3, 0.4) is 0 Å². The summed E-state index contributed by atoms with van der Waals surface area (Å²) in [6.45, 7) is 0. The predicted octanol–water partition coefficient (Wildman–Crippen LogP) is 1.69. The molecule has 0 aliphatic carbocycles. The summed E-state index contributed by atoms with van der Waals surface area (Å²) >= 11 is 0. The normalized spacial score (nSPS) is 12.1. The molecule has 0 fully saturated rings. The Morgan fingerprint density at radius 1 is 0.800 bits per heavy atom. The standard InChI is InChI=1S/C12H11NO2/c14-13(11-7-3-1-4-8-11)15-12-9-5-2-6-10-12/h1-10,13H. The van der Waals surface area contributed by atoms with Crippen molar-refractivity contribution in [1.29, 1.82) is 0 Å². The van der Waals surface area contributed by atoms with E-state index < -0.39 is 0 Å². The molecule has 3 nitrogen and oxygen atoms in total. The van der Waals surface area contributed by atoms with Gasteiger partial charge in [-0.25, -0.2) is 0 Å². The third kappa shape index (κ3) is 2.56. The van der Waals surface area contributed by atoms with Crippen LogP contribution in [-0.2, 0) is 0 Å². The van der Waals surface area contributed by atoms with Crippen LogP contribution < -0.4 is 10.1 Å². The largest absolute Gasteiger partial charge is 0.585 e. The molecule has 0 amide bonds. The summed E-state index contributed by atoms with van der Waals surface area (Å²) in [5.74, 6) is 0.561. The molecule has 0 bridgehead atoms. The Bertz CT molecular complexity index is 402. The van der Waals surface area contributed by atoms with E-state index in [0.717, 1.165) is 0 Å². The molecule has 1 unspecified atom stereocenters. The number of benzene rings is 2. The van der Waals surface area contributed by atoms with Gasteiger partial charge in [-0.15, -0.1) is 5.23 Å². The van der Waals surface area contributed by atoms with Crippen LogP contribution in [0.2, 0.25) is 0 Å². The van der Waals surface area contributed by atoms with Crippen molar-refractivity contribution in [2.75, 3.05) is 0 Å². The van der Waals surface area contributed by atoms with Gasteiger partial charge >= 0.3 is 0 Å². The number of nitrogens with one attached hydrogen (secondary N) is 1. The third-order valence-corrected chi connectivity index (χ3v) is 1.96. The minimum absolute atomic E-state index is 0.332. The molecule has 0 aromatic heterocycles. The maximum Gasteiger partial charge on any atom is 0.191 e. The fraction of sp³-hybridized carbons (Fsp3) is 0. The van der Waals surface area contributed by atoms with Gasteiger partial charge in [0.1, 0.15) is 0 Å². The lowest BCUT2D eigenvalue weighted by molar-refractivity contribution is -0.963. The summed E-state index contributed by atoms with van der Waals surface area (Å²) in [6, 6.07) is 18.0. The fourth-order valence-electron chi connectivity index (χ4n) is 1.23. The molecule has 0 spiro atoms. The molecule has 0 saturated carbocycles. The van der Waals surface area contributed by atoms with E-state index in [9.17, 15) is 5.21 Å². The molecule has 1 atom stereocenters. The van der Waals surface area contributed by atoms with Crippen molar-refractivity contribution in [1.82, 2.24) is 0 Å². The van der Waals surface area contributed by atoms with E-state index in [1.807, 2.05) is 36.4 Å². The summed E-state index contributed by atoms with van der Waals surface area (Å²) in [5, 5.41) is 11.3. The van der Waals surface area contributed by atoms with Crippen molar-refractivity contribution >= 4 is 5.69 Å². The second kappa shape index (κ2) is 4.59. The zero-order valence-corrected chi connectivity index (χ0v) is 8.09. The van der Waals surface area contributed by atoms with Crippen LogP contribution in [0.4, 0.5) is 5.69 Å². The highest BCUT2D eigenvalue weighted by atomic mass is 16.9. The number of para-hydroxylation sites is 1. The Balaban J connectivity index is 2.08. The summed E-state index contributed by atoms with van der Waals surface area (Å²) in [6.07, 6.45) is 0. The van der Waals surface area contributed by atoms with E-state index in [1.165, 1.54) is 0 Å². The van der Waals surface area contributed by atoms with Crippen molar-refractivity contribution in [3.8, 4) is 5.75 Å². The lowest BCUT2D eigenvalue weighted by atomic mass is 10.3. The predicted molar refractivity (Wildman–Crippen MR) is 57.5 cm³/mol. The van der Waals surface area contributed by atoms with Crippen molar-refractivity contribution in [3.05, 3.63) is 65.9 Å². The number of hydrogen-bond acceptors (Lipinski definition) is 2. The third-order valence-electron chi connectivity index (χ3n) is 1.96. The van der Waals surface area contributed by atoms with Gasteiger partial charge in [-0.1, -0.05) is 36.4 Å². The van der Waals surface area contributed by atoms with Crippen LogP contribution in [0, 0.1) is 5.21 Å². The first-order chi connectivity index (χ1) is 7.36. The Labute approximate surface area is 88.1 Å². The molecule has 76 valence electrons. The average Bonchev–Trinajstić information content (AvgIpc) is 2.31. The summed E-state index contributed by atoms with van der Waals surface area (Å²) in [7, 11) is 0. The van der Waals surface area contributed by atoms with Gasteiger partial charge in [0.25, 0.3) is 0 Å². The maximum atomic E-state index is 11.6. The number of quaternary nitrogens is 1. The highest BCUT2D eigenvalue weighted by Crippen LogP contribution is 2.06. The minimum atomic E-state index is -0.332. The van der Waals surface area contributed by atoms with Crippen LogP contribution in [0.1, 0.15) is 0 Å². The van der Waals surface area contributed by atoms with E-state index >= 15 is 0 Å². The van der Waals surface area contributed by atoms with Gasteiger partial charge in [-0.2, -0.15) is 0 Å². The smallest absolute Gasteiger partial charge is 0.191 e. The molecule has 2 aromatic carbocycles. The van der Waals surface area contributed by atoms with Gasteiger partial charge < -0.3 is 10.0 Å². The topological polar surface area (TPSA) is 36.7 Å². The molecule has 1 N–H and O–H groups in total. The van der Waals surface area contributed by atoms with Crippen molar-refractivity contribution in [2.24, 2.45) is 0 Å². The van der Waals surface area contributed by atoms with Crippen LogP contribution in [0.5, 0.6) is 5.75 Å². The van der Waals surface area contributed by atoms with Gasteiger partial charge in [0, 0.05) is 12.1 Å². The number of hydrogen-bond donors (Lipinski definition) is 1. The average molecular weight is 201 g/mol. The van der Waals surface area contributed by atoms with E-state index in [-0.39, 0.29) is 5.23 Å². The second-order valence-electron chi connectivity index (χ2n) is 3.07. The molecule has 2 aromatic rings. The molecular weight excluding hydrogens is 190 g/mol. The van der Waals surface area contributed by atoms with Crippen LogP contribution >= 0.6 is 0 Å². The van der Waals surface area contributed by atoms with Crippen molar-refractivity contribution in [2.45, 2.75) is 0 Å². The van der Waals surface area contributed by atoms with Gasteiger partial charge in [-0.05, 0) is 12.1 Å². The van der Waals surface area contributed by atoms with E-state index in [0.29, 0.717) is 11.4 Å². The lowest BCUT2D eigenvalue weighted by Gasteiger charge is -2.19. The fourth-order valence-corrected chi connectivity index (χ4v) is 1.23. The van der Waals surface area contributed by atoms with Crippen LogP contribution in [-0.4, -0.2) is 0 Å². The van der Waals surface area contributed by atoms with Gasteiger partial charge in [0.15, 0.2) is 11.4 Å². The molecule has 0 heterocycles. The highest BCUT2D eigenvalue weighted by Gasteiger charge is 2.03. The van der Waals surface area contributed by atoms with Crippen molar-refractivity contribution < 1.29 is 10.1 Å². The Kier molecular flexibility index (Phi) is 2.97. The summed E-state index contributed by atoms with van der Waals surface area (Å²) < 4.78 is 0. The van der Waals surface area contributed by atoms with Gasteiger partial charge in [0.05, 0.1) is 0 Å². The first-order valence-electron chi connectivity index (χ1n) is 4.68. The van der Waals surface area contributed by atoms with Crippen LogP contribution in [0.15, 0.2) is 60.7 Å². The molecule has 0 radical (unpaired) electrons. The monoisotopic (exact) mass is 201 g/mol. The highest BCUT2D eigenvalue weighted by molar-refractivity contribution is 5.28. The quantitative estimate of drug-likeness (QED) is 0.767. The summed E-state index contributed by atoms with van der Waals surface area (Å²) in [5.41, 5.74) is 0.557. The van der Waals surface area contributed by atoms with Crippen LogP contribution in [0.25, 0.3) is 0 Å². The van der Waals surface area contributed by atoms with Crippen molar-refractivity contribution in [3.63, 3.8) is 0 Å². The SMILES string of the molecule is [O-][NH+](Oc1ccccc1)c1ccccc1. The second-order valence-corrected chi connectivity index (χ2v) is 3.07. The molecule has 0 aliphatic rings. The first kappa shape index (κ1) is 9.71. The Hall–Kier alpha value is -1.84. The molecule has 3 heteroatoms. The molecular formula is C12H11NO2. The van der Waals surface area contributed by atoms with E-state index in [4.69, 9.17) is 4.84 Å². The minimum Gasteiger partial charge on any atom is -0.585 e. The molecule has 15 heavy (non-hydrogen) atoms.